The molecule has 1 atom stereocenters. The van der Waals surface area contributed by atoms with Crippen LogP contribution in [0.25, 0.3) is 10.9 Å². The van der Waals surface area contributed by atoms with Gasteiger partial charge in [-0.15, -0.1) is 0 Å². The van der Waals surface area contributed by atoms with Crippen LogP contribution in [0.1, 0.15) is 19.4 Å². The molecule has 3 rings (SSSR count). The minimum absolute atomic E-state index is 0.216. The van der Waals surface area contributed by atoms with E-state index in [4.69, 9.17) is 4.74 Å². The van der Waals surface area contributed by atoms with Crippen LogP contribution in [0.4, 0.5) is 0 Å². The molecule has 0 fully saturated rings. The number of carbonyl (C=O) groups is 1. The number of hydrogen-bond donors (Lipinski definition) is 0. The maximum absolute atomic E-state index is 12.7. The molecule has 0 aliphatic carbocycles. The first kappa shape index (κ1) is 16.7. The Balaban J connectivity index is 2.06. The van der Waals surface area contributed by atoms with Crippen LogP contribution in [-0.4, -0.2) is 17.1 Å². The van der Waals surface area contributed by atoms with Gasteiger partial charge in [-0.25, -0.2) is 0 Å². The topological polar surface area (TPSA) is 31.2 Å². The predicted octanol–water partition coefficient (Wildman–Crippen LogP) is 4.75. The van der Waals surface area contributed by atoms with Gasteiger partial charge in [-0.1, -0.05) is 60.3 Å². The van der Waals surface area contributed by atoms with Crippen molar-refractivity contribution < 1.29 is 9.53 Å². The van der Waals surface area contributed by atoms with Gasteiger partial charge in [0.1, 0.15) is 4.75 Å². The van der Waals surface area contributed by atoms with Crippen molar-refractivity contribution in [1.29, 1.82) is 0 Å². The Morgan fingerprint density at radius 3 is 2.46 bits per heavy atom. The molecular weight excluding hydrogens is 318 g/mol. The van der Waals surface area contributed by atoms with Gasteiger partial charge in [0.25, 0.3) is 0 Å². The van der Waals surface area contributed by atoms with E-state index in [2.05, 4.69) is 22.8 Å². The molecule has 0 N–H and O–H groups in total. The summed E-state index contributed by atoms with van der Waals surface area (Å²) in [6, 6.07) is 20.2. The fourth-order valence-electron chi connectivity index (χ4n) is 2.81. The molecule has 124 valence electrons. The zero-order valence-electron chi connectivity index (χ0n) is 14.2. The van der Waals surface area contributed by atoms with E-state index in [0.29, 0.717) is 6.61 Å². The van der Waals surface area contributed by atoms with E-state index in [0.717, 1.165) is 16.1 Å². The van der Waals surface area contributed by atoms with Gasteiger partial charge in [0.15, 0.2) is 0 Å². The second kappa shape index (κ2) is 6.73. The summed E-state index contributed by atoms with van der Waals surface area (Å²) in [6.07, 6.45) is 0. The van der Waals surface area contributed by atoms with Crippen molar-refractivity contribution >= 4 is 28.6 Å². The van der Waals surface area contributed by atoms with E-state index in [-0.39, 0.29) is 5.97 Å². The van der Waals surface area contributed by atoms with Gasteiger partial charge in [0, 0.05) is 18.0 Å². The number of aromatic nitrogens is 1. The smallest absolute Gasteiger partial charge is 0.326 e. The first-order valence-corrected chi connectivity index (χ1v) is 8.84. The molecule has 0 radical (unpaired) electrons. The molecule has 4 heteroatoms. The van der Waals surface area contributed by atoms with Crippen molar-refractivity contribution in [3.63, 3.8) is 0 Å². The number of aryl methyl sites for hydroxylation is 1. The predicted molar refractivity (Wildman–Crippen MR) is 99.2 cm³/mol. The first-order chi connectivity index (χ1) is 11.6. The van der Waals surface area contributed by atoms with Gasteiger partial charge in [-0.3, -0.25) is 4.79 Å². The average Bonchev–Trinajstić information content (AvgIpc) is 2.92. The number of benzene rings is 2. The Labute approximate surface area is 146 Å². The standard InChI is InChI=1S/C20H21NO2S/c1-4-23-19(22)20(2,16-11-6-5-7-12-16)24-18-14-15-10-8-9-13-17(15)21(18)3/h5-14H,4H2,1-3H3. The van der Waals surface area contributed by atoms with Gasteiger partial charge >= 0.3 is 5.97 Å². The molecule has 1 aromatic heterocycles. The summed E-state index contributed by atoms with van der Waals surface area (Å²) in [5.41, 5.74) is 2.10. The van der Waals surface area contributed by atoms with Crippen molar-refractivity contribution in [3.05, 3.63) is 66.2 Å². The fourth-order valence-corrected chi connectivity index (χ4v) is 4.05. The third-order valence-corrected chi connectivity index (χ3v) is 5.62. The van der Waals surface area contributed by atoms with E-state index in [9.17, 15) is 4.79 Å². The lowest BCUT2D eigenvalue weighted by atomic mass is 10.0. The summed E-state index contributed by atoms with van der Waals surface area (Å²) in [4.78, 5) is 12.7. The monoisotopic (exact) mass is 339 g/mol. The van der Waals surface area contributed by atoms with Crippen LogP contribution in [0.15, 0.2) is 65.7 Å². The van der Waals surface area contributed by atoms with Crippen molar-refractivity contribution in [1.82, 2.24) is 4.57 Å². The second-order valence-electron chi connectivity index (χ2n) is 5.82. The van der Waals surface area contributed by atoms with Crippen molar-refractivity contribution in [2.45, 2.75) is 23.6 Å². The number of nitrogens with zero attached hydrogens (tertiary/aromatic N) is 1. The molecule has 0 bridgehead atoms. The summed E-state index contributed by atoms with van der Waals surface area (Å²) < 4.78 is 6.71. The second-order valence-corrected chi connectivity index (χ2v) is 7.26. The molecule has 0 amide bonds. The summed E-state index contributed by atoms with van der Waals surface area (Å²) in [6.45, 7) is 4.14. The highest BCUT2D eigenvalue weighted by Gasteiger charge is 2.39. The minimum Gasteiger partial charge on any atom is -0.465 e. The van der Waals surface area contributed by atoms with Crippen LogP contribution < -0.4 is 0 Å². The van der Waals surface area contributed by atoms with E-state index < -0.39 is 4.75 Å². The van der Waals surface area contributed by atoms with Gasteiger partial charge in [-0.05, 0) is 31.5 Å². The zero-order valence-corrected chi connectivity index (χ0v) is 15.0. The average molecular weight is 339 g/mol. The normalized spacial score (nSPS) is 13.6. The van der Waals surface area contributed by atoms with Crippen LogP contribution in [0.3, 0.4) is 0 Å². The summed E-state index contributed by atoms with van der Waals surface area (Å²) in [5.74, 6) is -0.216. The van der Waals surface area contributed by atoms with E-state index in [1.165, 1.54) is 17.1 Å². The van der Waals surface area contributed by atoms with E-state index in [1.54, 1.807) is 0 Å². The largest absolute Gasteiger partial charge is 0.465 e. The highest BCUT2D eigenvalue weighted by atomic mass is 32.2. The maximum Gasteiger partial charge on any atom is 0.326 e. The molecule has 3 nitrogen and oxygen atoms in total. The van der Waals surface area contributed by atoms with Crippen LogP contribution in [-0.2, 0) is 21.3 Å². The minimum atomic E-state index is -0.792. The Hall–Kier alpha value is -2.20. The van der Waals surface area contributed by atoms with Gasteiger partial charge in [0.05, 0.1) is 11.6 Å². The molecule has 3 aromatic rings. The molecule has 0 aliphatic heterocycles. The summed E-state index contributed by atoms with van der Waals surface area (Å²) >= 11 is 1.53. The van der Waals surface area contributed by atoms with Crippen molar-refractivity contribution in [2.24, 2.45) is 7.05 Å². The Kier molecular flexibility index (Phi) is 4.67. The summed E-state index contributed by atoms with van der Waals surface area (Å²) in [5, 5.41) is 2.21. The molecule has 2 aromatic carbocycles. The van der Waals surface area contributed by atoms with Crippen LogP contribution in [0.2, 0.25) is 0 Å². The highest BCUT2D eigenvalue weighted by molar-refractivity contribution is 8.00. The van der Waals surface area contributed by atoms with Gasteiger partial charge in [-0.2, -0.15) is 0 Å². The van der Waals surface area contributed by atoms with Crippen molar-refractivity contribution in [3.8, 4) is 0 Å². The van der Waals surface area contributed by atoms with Crippen LogP contribution in [0.5, 0.6) is 0 Å². The molecule has 1 unspecified atom stereocenters. The van der Waals surface area contributed by atoms with Crippen molar-refractivity contribution in [2.75, 3.05) is 6.61 Å². The third kappa shape index (κ3) is 2.94. The molecule has 0 spiro atoms. The number of ether oxygens (including phenoxy) is 1. The number of thioether (sulfide) groups is 1. The summed E-state index contributed by atoms with van der Waals surface area (Å²) in [7, 11) is 2.03. The Morgan fingerprint density at radius 2 is 1.79 bits per heavy atom. The van der Waals surface area contributed by atoms with E-state index >= 15 is 0 Å². The number of esters is 1. The number of fused-ring (bicyclic) bond motifs is 1. The molecule has 0 saturated heterocycles. The molecule has 24 heavy (non-hydrogen) atoms. The molecular formula is C20H21NO2S. The maximum atomic E-state index is 12.7. The Bertz CT molecular complexity index is 856. The third-order valence-electron chi connectivity index (χ3n) is 4.21. The lowest BCUT2D eigenvalue weighted by Gasteiger charge is -2.27. The number of carbonyl (C=O) groups excluding carboxylic acids is 1. The van der Waals surface area contributed by atoms with Crippen LogP contribution >= 0.6 is 11.8 Å². The molecule has 0 aliphatic rings. The lowest BCUT2D eigenvalue weighted by molar-refractivity contribution is -0.145. The molecule has 1 heterocycles. The zero-order chi connectivity index (χ0) is 17.2. The number of hydrogen-bond acceptors (Lipinski definition) is 3. The lowest BCUT2D eigenvalue weighted by Crippen LogP contribution is -2.31. The highest BCUT2D eigenvalue weighted by Crippen LogP contribution is 2.43. The van der Waals surface area contributed by atoms with Gasteiger partial charge < -0.3 is 9.30 Å². The number of rotatable bonds is 5. The quantitative estimate of drug-likeness (QED) is 0.496. The first-order valence-electron chi connectivity index (χ1n) is 8.02. The SMILES string of the molecule is CCOC(=O)C(C)(Sc1cc2ccccc2n1C)c1ccccc1. The number of para-hydroxylation sites is 1. The fraction of sp³-hybridized carbons (Fsp3) is 0.250. The Morgan fingerprint density at radius 1 is 1.12 bits per heavy atom. The van der Waals surface area contributed by atoms with E-state index in [1.807, 2.05) is 63.4 Å². The van der Waals surface area contributed by atoms with Gasteiger partial charge in [0.2, 0.25) is 0 Å². The van der Waals surface area contributed by atoms with Crippen LogP contribution in [0, 0.1) is 0 Å². The molecule has 0 saturated carbocycles.